The summed E-state index contributed by atoms with van der Waals surface area (Å²) in [5, 5.41) is 13.1. The van der Waals surface area contributed by atoms with Crippen LogP contribution in [0.5, 0.6) is 0 Å². The molecule has 4 N–H and O–H groups in total. The monoisotopic (exact) mass is 191 g/mol. The molecule has 0 atom stereocenters. The van der Waals surface area contributed by atoms with Crippen molar-refractivity contribution >= 4 is 11.6 Å². The van der Waals surface area contributed by atoms with Gasteiger partial charge in [-0.2, -0.15) is 15.4 Å². The van der Waals surface area contributed by atoms with Crippen LogP contribution in [0.3, 0.4) is 0 Å². The Morgan fingerprint density at radius 2 is 2.29 bits per heavy atom. The first-order chi connectivity index (χ1) is 6.84. The van der Waals surface area contributed by atoms with Crippen LogP contribution in [0.2, 0.25) is 0 Å². The summed E-state index contributed by atoms with van der Waals surface area (Å²) in [4.78, 5) is 7.91. The second-order valence-electron chi connectivity index (χ2n) is 2.64. The van der Waals surface area contributed by atoms with E-state index in [1.165, 1.54) is 6.20 Å². The molecule has 0 amide bonds. The quantitative estimate of drug-likeness (QED) is 0.619. The molecule has 72 valence electrons. The molecule has 7 nitrogen and oxygen atoms in total. The van der Waals surface area contributed by atoms with Crippen LogP contribution >= 0.6 is 0 Å². The van der Waals surface area contributed by atoms with Crippen molar-refractivity contribution < 1.29 is 0 Å². The van der Waals surface area contributed by atoms with Gasteiger partial charge in [0.15, 0.2) is 0 Å². The van der Waals surface area contributed by atoms with Gasteiger partial charge in [-0.3, -0.25) is 4.98 Å². The molecule has 0 aliphatic carbocycles. The Morgan fingerprint density at radius 3 is 3.00 bits per heavy atom. The van der Waals surface area contributed by atoms with E-state index in [-0.39, 0.29) is 0 Å². The van der Waals surface area contributed by atoms with Crippen LogP contribution in [0.1, 0.15) is 5.69 Å². The van der Waals surface area contributed by atoms with Crippen LogP contribution < -0.4 is 11.1 Å². The zero-order valence-electron chi connectivity index (χ0n) is 7.31. The van der Waals surface area contributed by atoms with Crippen LogP contribution in [0.15, 0.2) is 18.6 Å². The lowest BCUT2D eigenvalue weighted by molar-refractivity contribution is 0.908. The molecule has 7 heteroatoms. The number of nitrogens with zero attached hydrogens (tertiary/aromatic N) is 4. The predicted octanol–water partition coefficient (Wildman–Crippen LogP) is -0.211. The average molecular weight is 191 g/mol. The maximum Gasteiger partial charge on any atom is 0.147 e. The highest BCUT2D eigenvalue weighted by atomic mass is 15.3. The van der Waals surface area contributed by atoms with Crippen LogP contribution in [-0.2, 0) is 6.54 Å². The van der Waals surface area contributed by atoms with Crippen molar-refractivity contribution in [2.75, 3.05) is 11.1 Å². The number of hydrogen-bond acceptors (Lipinski definition) is 6. The zero-order chi connectivity index (χ0) is 9.80. The van der Waals surface area contributed by atoms with Crippen molar-refractivity contribution in [2.24, 2.45) is 0 Å². The van der Waals surface area contributed by atoms with Crippen molar-refractivity contribution in [3.63, 3.8) is 0 Å². The molecule has 2 rings (SSSR count). The molecule has 14 heavy (non-hydrogen) atoms. The fourth-order valence-corrected chi connectivity index (χ4v) is 0.958. The van der Waals surface area contributed by atoms with E-state index in [2.05, 4.69) is 30.7 Å². The van der Waals surface area contributed by atoms with Crippen LogP contribution in [0.4, 0.5) is 11.6 Å². The first-order valence-corrected chi connectivity index (χ1v) is 4.00. The summed E-state index contributed by atoms with van der Waals surface area (Å²) in [6.45, 7) is 0.536. The Bertz CT molecular complexity index is 396. The van der Waals surface area contributed by atoms with Crippen molar-refractivity contribution in [1.82, 2.24) is 25.4 Å². The summed E-state index contributed by atoms with van der Waals surface area (Å²) in [6, 6.07) is 0. The molecule has 0 saturated heterocycles. The molecule has 0 bridgehead atoms. The highest BCUT2D eigenvalue weighted by Gasteiger charge is 1.97. The highest BCUT2D eigenvalue weighted by molar-refractivity contribution is 5.38. The third-order valence-corrected chi connectivity index (χ3v) is 1.57. The minimum Gasteiger partial charge on any atom is -0.382 e. The Kier molecular flexibility index (Phi) is 2.22. The standard InChI is InChI=1S/C7H9N7/c8-6-3-9-4-7(12-6)10-1-5-2-11-14-13-5/h2-4H,1H2,(H3,8,10,12)(H,11,13,14). The van der Waals surface area contributed by atoms with E-state index in [4.69, 9.17) is 5.73 Å². The lowest BCUT2D eigenvalue weighted by atomic mass is 10.4. The summed E-state index contributed by atoms with van der Waals surface area (Å²) < 4.78 is 0. The first-order valence-electron chi connectivity index (χ1n) is 4.00. The molecule has 0 saturated carbocycles. The lowest BCUT2D eigenvalue weighted by Crippen LogP contribution is -2.03. The van der Waals surface area contributed by atoms with Crippen LogP contribution in [0, 0.1) is 0 Å². The molecule has 0 aliphatic heterocycles. The predicted molar refractivity (Wildman–Crippen MR) is 50.2 cm³/mol. The van der Waals surface area contributed by atoms with Gasteiger partial charge in [0.25, 0.3) is 0 Å². The number of nitrogen functional groups attached to an aromatic ring is 1. The van der Waals surface area contributed by atoms with Crippen LogP contribution in [0.25, 0.3) is 0 Å². The van der Waals surface area contributed by atoms with Gasteiger partial charge in [-0.25, -0.2) is 4.98 Å². The molecular formula is C7H9N7. The molecule has 0 aromatic carbocycles. The third-order valence-electron chi connectivity index (χ3n) is 1.57. The van der Waals surface area contributed by atoms with E-state index in [0.717, 1.165) is 5.69 Å². The van der Waals surface area contributed by atoms with Crippen molar-refractivity contribution in [1.29, 1.82) is 0 Å². The van der Waals surface area contributed by atoms with Crippen molar-refractivity contribution in [2.45, 2.75) is 6.54 Å². The molecule has 0 radical (unpaired) electrons. The van der Waals surface area contributed by atoms with Gasteiger partial charge in [0.1, 0.15) is 17.3 Å². The Morgan fingerprint density at radius 1 is 1.36 bits per heavy atom. The highest BCUT2D eigenvalue weighted by Crippen LogP contribution is 2.03. The Balaban J connectivity index is 1.98. The van der Waals surface area contributed by atoms with E-state index < -0.39 is 0 Å². The number of hydrogen-bond donors (Lipinski definition) is 3. The number of nitrogens with two attached hydrogens (primary N) is 1. The molecule has 0 spiro atoms. The van der Waals surface area contributed by atoms with Gasteiger partial charge in [0.2, 0.25) is 0 Å². The number of nitrogens with one attached hydrogen (secondary N) is 2. The minimum atomic E-state index is 0.384. The third kappa shape index (κ3) is 1.94. The molecule has 0 fully saturated rings. The lowest BCUT2D eigenvalue weighted by Gasteiger charge is -2.02. The average Bonchev–Trinajstić information content (AvgIpc) is 2.67. The zero-order valence-corrected chi connectivity index (χ0v) is 7.31. The van der Waals surface area contributed by atoms with E-state index in [0.29, 0.717) is 18.2 Å². The number of H-pyrrole nitrogens is 1. The number of anilines is 2. The SMILES string of the molecule is Nc1cncc(NCc2cn[nH]n2)n1. The number of aromatic amines is 1. The molecule has 0 unspecified atom stereocenters. The normalized spacial score (nSPS) is 10.0. The molecule has 2 heterocycles. The summed E-state index contributed by atoms with van der Waals surface area (Å²) >= 11 is 0. The van der Waals surface area contributed by atoms with E-state index in [1.807, 2.05) is 0 Å². The van der Waals surface area contributed by atoms with Crippen molar-refractivity contribution in [3.05, 3.63) is 24.3 Å². The van der Waals surface area contributed by atoms with Crippen molar-refractivity contribution in [3.8, 4) is 0 Å². The maximum absolute atomic E-state index is 5.46. The Hall–Kier alpha value is -2.18. The number of aromatic nitrogens is 5. The van der Waals surface area contributed by atoms with E-state index in [9.17, 15) is 0 Å². The Labute approximate surface area is 79.8 Å². The maximum atomic E-state index is 5.46. The topological polar surface area (TPSA) is 105 Å². The van der Waals surface area contributed by atoms with Gasteiger partial charge >= 0.3 is 0 Å². The molecule has 0 aliphatic rings. The van der Waals surface area contributed by atoms with Gasteiger partial charge in [0.05, 0.1) is 25.1 Å². The van der Waals surface area contributed by atoms with Gasteiger partial charge in [-0.15, -0.1) is 0 Å². The molecule has 2 aromatic rings. The van der Waals surface area contributed by atoms with Gasteiger partial charge < -0.3 is 11.1 Å². The molecule has 2 aromatic heterocycles. The summed E-state index contributed by atoms with van der Waals surface area (Å²) in [5.41, 5.74) is 6.26. The summed E-state index contributed by atoms with van der Waals surface area (Å²) in [6.07, 6.45) is 4.71. The second-order valence-corrected chi connectivity index (χ2v) is 2.64. The van der Waals surface area contributed by atoms with Gasteiger partial charge in [-0.1, -0.05) is 0 Å². The summed E-state index contributed by atoms with van der Waals surface area (Å²) in [5.74, 6) is 1.00. The van der Waals surface area contributed by atoms with E-state index >= 15 is 0 Å². The van der Waals surface area contributed by atoms with Crippen LogP contribution in [-0.4, -0.2) is 25.4 Å². The fraction of sp³-hybridized carbons (Fsp3) is 0.143. The minimum absolute atomic E-state index is 0.384. The molecular weight excluding hydrogens is 182 g/mol. The van der Waals surface area contributed by atoms with Gasteiger partial charge in [0, 0.05) is 0 Å². The smallest absolute Gasteiger partial charge is 0.147 e. The van der Waals surface area contributed by atoms with E-state index in [1.54, 1.807) is 12.4 Å². The largest absolute Gasteiger partial charge is 0.382 e. The first kappa shape index (κ1) is 8.42. The summed E-state index contributed by atoms with van der Waals surface area (Å²) in [7, 11) is 0. The number of rotatable bonds is 3. The fourth-order valence-electron chi connectivity index (χ4n) is 0.958. The van der Waals surface area contributed by atoms with Gasteiger partial charge in [-0.05, 0) is 0 Å². The second kappa shape index (κ2) is 3.69.